The van der Waals surface area contributed by atoms with Crippen molar-refractivity contribution in [2.75, 3.05) is 6.61 Å². The van der Waals surface area contributed by atoms with Crippen LogP contribution in [0.2, 0.25) is 0 Å². The minimum Gasteiger partial charge on any atom is -0.461 e. The van der Waals surface area contributed by atoms with Gasteiger partial charge >= 0.3 is 11.9 Å². The first-order chi connectivity index (χ1) is 20.0. The van der Waals surface area contributed by atoms with Crippen molar-refractivity contribution in [1.29, 1.82) is 0 Å². The fourth-order valence-corrected chi connectivity index (χ4v) is 5.41. The number of hydrogen-bond acceptors (Lipinski definition) is 11. The van der Waals surface area contributed by atoms with Crippen molar-refractivity contribution in [3.05, 3.63) is 41.8 Å². The molecule has 3 rings (SSSR count). The highest BCUT2D eigenvalue weighted by Crippen LogP contribution is 2.44. The molecule has 0 radical (unpaired) electrons. The van der Waals surface area contributed by atoms with E-state index in [0.717, 1.165) is 0 Å². The van der Waals surface area contributed by atoms with Crippen LogP contribution in [0.1, 0.15) is 77.2 Å². The van der Waals surface area contributed by atoms with Gasteiger partial charge in [-0.05, 0) is 50.2 Å². The Morgan fingerprint density at radius 2 is 2.07 bits per heavy atom. The van der Waals surface area contributed by atoms with Crippen molar-refractivity contribution in [1.82, 2.24) is 5.16 Å². The van der Waals surface area contributed by atoms with Crippen molar-refractivity contribution in [3.63, 3.8) is 0 Å². The lowest BCUT2D eigenvalue weighted by Gasteiger charge is -2.43. The van der Waals surface area contributed by atoms with Gasteiger partial charge in [-0.15, -0.1) is 0 Å². The molecule has 11 heteroatoms. The molecule has 11 nitrogen and oxygen atoms in total. The SMILES string of the molecule is C=CCOC(=O)CC(O)CC(=O)CCC1C(C)C(=O)C=C2/C(=N/OCc3cc(C)on3)CCC(OC(=O)C(C)CC)C21. The molecule has 0 saturated heterocycles. The normalized spacial score (nSPS) is 24.3. The number of esters is 2. The lowest BCUT2D eigenvalue weighted by Crippen LogP contribution is -2.46. The number of rotatable bonds is 15. The third-order valence-electron chi connectivity index (χ3n) is 7.94. The van der Waals surface area contributed by atoms with Gasteiger partial charge in [-0.25, -0.2) is 0 Å². The summed E-state index contributed by atoms with van der Waals surface area (Å²) < 4.78 is 15.9. The van der Waals surface area contributed by atoms with Gasteiger partial charge in [0.25, 0.3) is 0 Å². The average molecular weight is 587 g/mol. The Morgan fingerprint density at radius 1 is 1.31 bits per heavy atom. The van der Waals surface area contributed by atoms with E-state index in [0.29, 0.717) is 48.4 Å². The van der Waals surface area contributed by atoms with Gasteiger partial charge in [0.05, 0.1) is 24.2 Å². The smallest absolute Gasteiger partial charge is 0.308 e. The Morgan fingerprint density at radius 3 is 2.74 bits per heavy atom. The predicted molar refractivity (Wildman–Crippen MR) is 152 cm³/mol. The molecule has 1 aromatic heterocycles. The number of carbonyl (C=O) groups is 4. The van der Waals surface area contributed by atoms with Crippen LogP contribution in [0.4, 0.5) is 0 Å². The van der Waals surface area contributed by atoms with Gasteiger partial charge in [0, 0.05) is 30.7 Å². The fourth-order valence-electron chi connectivity index (χ4n) is 5.41. The van der Waals surface area contributed by atoms with Crippen LogP contribution < -0.4 is 0 Å². The Balaban J connectivity index is 1.76. The number of nitrogens with zero attached hydrogens (tertiary/aromatic N) is 2. The molecule has 42 heavy (non-hydrogen) atoms. The summed E-state index contributed by atoms with van der Waals surface area (Å²) in [6, 6.07) is 1.74. The molecule has 1 N–H and O–H groups in total. The first-order valence-corrected chi connectivity index (χ1v) is 14.6. The van der Waals surface area contributed by atoms with Gasteiger partial charge in [-0.3, -0.25) is 19.2 Å². The summed E-state index contributed by atoms with van der Waals surface area (Å²) in [6.45, 7) is 10.9. The fraction of sp³-hybridized carbons (Fsp3) is 0.613. The van der Waals surface area contributed by atoms with Crippen LogP contribution >= 0.6 is 0 Å². The zero-order valence-electron chi connectivity index (χ0n) is 24.9. The second kappa shape index (κ2) is 15.6. The molecule has 6 unspecified atom stereocenters. The number of aliphatic hydroxyl groups excluding tert-OH is 1. The molecule has 0 amide bonds. The lowest BCUT2D eigenvalue weighted by molar-refractivity contribution is -0.158. The number of allylic oxidation sites excluding steroid dienone is 1. The maximum absolute atomic E-state index is 13.1. The summed E-state index contributed by atoms with van der Waals surface area (Å²) in [6.07, 6.45) is 2.82. The van der Waals surface area contributed by atoms with Crippen molar-refractivity contribution in [2.24, 2.45) is 28.8 Å². The zero-order chi connectivity index (χ0) is 30.8. The molecule has 1 aromatic rings. The number of fused-ring (bicyclic) bond motifs is 1. The van der Waals surface area contributed by atoms with E-state index >= 15 is 0 Å². The number of oxime groups is 1. The monoisotopic (exact) mass is 586 g/mol. The second-order valence-electron chi connectivity index (χ2n) is 11.2. The number of aliphatic hydroxyl groups is 1. The highest BCUT2D eigenvalue weighted by Gasteiger charge is 2.46. The number of aromatic nitrogens is 1. The van der Waals surface area contributed by atoms with E-state index in [1.54, 1.807) is 19.1 Å². The molecular weight excluding hydrogens is 544 g/mol. The first-order valence-electron chi connectivity index (χ1n) is 14.6. The number of Topliss-reactive ketones (excluding diaryl/α,β-unsaturated/α-hetero) is 1. The molecule has 0 spiro atoms. The Labute approximate surface area is 246 Å². The largest absolute Gasteiger partial charge is 0.461 e. The summed E-state index contributed by atoms with van der Waals surface area (Å²) in [7, 11) is 0. The van der Waals surface area contributed by atoms with E-state index in [-0.39, 0.29) is 67.8 Å². The summed E-state index contributed by atoms with van der Waals surface area (Å²) in [4.78, 5) is 56.1. The second-order valence-corrected chi connectivity index (χ2v) is 11.2. The average Bonchev–Trinajstić information content (AvgIpc) is 3.37. The Hall–Kier alpha value is -3.60. The summed E-state index contributed by atoms with van der Waals surface area (Å²) in [5, 5.41) is 18.5. The van der Waals surface area contributed by atoms with Gasteiger partial charge < -0.3 is 23.9 Å². The first kappa shape index (κ1) is 32.9. The Bertz CT molecular complexity index is 1200. The van der Waals surface area contributed by atoms with Crippen molar-refractivity contribution >= 4 is 29.2 Å². The predicted octanol–water partition coefficient (Wildman–Crippen LogP) is 4.20. The van der Waals surface area contributed by atoms with Crippen LogP contribution in [0, 0.1) is 30.6 Å². The van der Waals surface area contributed by atoms with Crippen LogP contribution in [0.3, 0.4) is 0 Å². The van der Waals surface area contributed by atoms with Crippen LogP contribution in [0.5, 0.6) is 0 Å². The van der Waals surface area contributed by atoms with E-state index in [1.807, 2.05) is 20.8 Å². The van der Waals surface area contributed by atoms with E-state index in [2.05, 4.69) is 16.9 Å². The lowest BCUT2D eigenvalue weighted by atomic mass is 9.63. The van der Waals surface area contributed by atoms with E-state index in [9.17, 15) is 24.3 Å². The van der Waals surface area contributed by atoms with Gasteiger partial charge in [0.1, 0.15) is 29.9 Å². The molecule has 230 valence electrons. The van der Waals surface area contributed by atoms with E-state index in [4.69, 9.17) is 18.8 Å². The van der Waals surface area contributed by atoms with Crippen molar-refractivity contribution in [3.8, 4) is 0 Å². The number of ether oxygens (including phenoxy) is 2. The van der Waals surface area contributed by atoms with Crippen LogP contribution in [0.15, 0.2) is 40.0 Å². The summed E-state index contributed by atoms with van der Waals surface area (Å²) in [5.74, 6) is -1.97. The van der Waals surface area contributed by atoms with E-state index in [1.165, 1.54) is 6.08 Å². The summed E-state index contributed by atoms with van der Waals surface area (Å²) in [5.41, 5.74) is 1.84. The van der Waals surface area contributed by atoms with Crippen LogP contribution in [-0.4, -0.2) is 58.3 Å². The van der Waals surface area contributed by atoms with Gasteiger partial charge in [-0.2, -0.15) is 0 Å². The molecule has 1 saturated carbocycles. The molecule has 1 fully saturated rings. The molecular formula is C31H42N2O9. The molecule has 1 heterocycles. The van der Waals surface area contributed by atoms with E-state index < -0.39 is 24.1 Å². The highest BCUT2D eigenvalue weighted by molar-refractivity contribution is 6.08. The van der Waals surface area contributed by atoms with Crippen LogP contribution in [-0.2, 0) is 40.1 Å². The number of carbonyl (C=O) groups excluding carboxylic acids is 4. The molecule has 0 aliphatic heterocycles. The Kier molecular flexibility index (Phi) is 12.2. The minimum atomic E-state index is -1.17. The topological polar surface area (TPSA) is 155 Å². The molecule has 6 atom stereocenters. The van der Waals surface area contributed by atoms with Crippen molar-refractivity contribution in [2.45, 2.75) is 91.5 Å². The van der Waals surface area contributed by atoms with Gasteiger partial charge in [-0.1, -0.05) is 43.7 Å². The zero-order valence-corrected chi connectivity index (χ0v) is 24.9. The van der Waals surface area contributed by atoms with Crippen molar-refractivity contribution < 1.29 is 43.1 Å². The third-order valence-corrected chi connectivity index (χ3v) is 7.94. The van der Waals surface area contributed by atoms with Crippen LogP contribution in [0.25, 0.3) is 0 Å². The summed E-state index contributed by atoms with van der Waals surface area (Å²) >= 11 is 0. The van der Waals surface area contributed by atoms with Gasteiger partial charge in [0.15, 0.2) is 12.4 Å². The minimum absolute atomic E-state index is 0.0311. The molecule has 2 aliphatic rings. The number of ketones is 2. The number of hydrogen-bond donors (Lipinski definition) is 1. The highest BCUT2D eigenvalue weighted by atomic mass is 16.6. The standard InChI is InChI=1S/C31H42N2O9/c1-6-12-39-29(37)15-23(35)14-22(34)8-9-24-20(5)27(36)16-25-26(33-40-17-21-13-19(4)42-32-21)10-11-28(30(24)25)41-31(38)18(3)7-2/h6,13,16,18,20,23-24,28,30,35H,1,7-12,14-15,17H2,2-5H3/b33-26+. The molecule has 0 bridgehead atoms. The third kappa shape index (κ3) is 8.95. The molecule has 2 aliphatic carbocycles. The number of aryl methyl sites for hydroxylation is 1. The quantitative estimate of drug-likeness (QED) is 0.180. The maximum Gasteiger partial charge on any atom is 0.308 e. The maximum atomic E-state index is 13.1. The van der Waals surface area contributed by atoms with Gasteiger partial charge in [0.2, 0.25) is 0 Å². The molecule has 0 aromatic carbocycles.